The summed E-state index contributed by atoms with van der Waals surface area (Å²) in [6, 6.07) is 8.68. The number of aromatic nitrogens is 1. The molecule has 0 aliphatic rings. The summed E-state index contributed by atoms with van der Waals surface area (Å²) in [5.41, 5.74) is 2.11. The Hall–Kier alpha value is -2.20. The second-order valence-electron chi connectivity index (χ2n) is 3.79. The standard InChI is InChI=1S/C14H13NO3/c16-8-11-3-4-13(9-17)14(6-11)18-10-12-2-1-5-15-7-12/h1-8,17H,9-10H2. The fraction of sp³-hybridized carbons (Fsp3) is 0.143. The van der Waals surface area contributed by atoms with Crippen LogP contribution in [0.5, 0.6) is 5.75 Å². The SMILES string of the molecule is O=Cc1ccc(CO)c(OCc2cccnc2)c1. The van der Waals surface area contributed by atoms with Crippen LogP contribution in [0, 0.1) is 0 Å². The van der Waals surface area contributed by atoms with Gasteiger partial charge in [-0.2, -0.15) is 0 Å². The number of benzene rings is 1. The Kier molecular flexibility index (Phi) is 4.04. The van der Waals surface area contributed by atoms with Crippen molar-refractivity contribution in [3.8, 4) is 5.75 Å². The van der Waals surface area contributed by atoms with E-state index in [1.807, 2.05) is 12.1 Å². The first-order valence-electron chi connectivity index (χ1n) is 5.54. The number of hydrogen-bond acceptors (Lipinski definition) is 4. The van der Waals surface area contributed by atoms with E-state index in [4.69, 9.17) is 4.74 Å². The minimum atomic E-state index is -0.124. The van der Waals surface area contributed by atoms with Crippen molar-refractivity contribution in [1.29, 1.82) is 0 Å². The van der Waals surface area contributed by atoms with Crippen LogP contribution in [0.4, 0.5) is 0 Å². The maximum absolute atomic E-state index is 10.7. The van der Waals surface area contributed by atoms with E-state index in [0.717, 1.165) is 11.8 Å². The molecule has 0 saturated carbocycles. The minimum absolute atomic E-state index is 0.124. The van der Waals surface area contributed by atoms with E-state index in [1.54, 1.807) is 30.6 Å². The van der Waals surface area contributed by atoms with Gasteiger partial charge < -0.3 is 9.84 Å². The van der Waals surface area contributed by atoms with Gasteiger partial charge in [-0.1, -0.05) is 18.2 Å². The average Bonchev–Trinajstić information content (AvgIpc) is 2.45. The maximum atomic E-state index is 10.7. The Morgan fingerprint density at radius 2 is 2.22 bits per heavy atom. The zero-order valence-electron chi connectivity index (χ0n) is 9.74. The molecule has 1 N–H and O–H groups in total. The Bertz CT molecular complexity index is 526. The normalized spacial score (nSPS) is 10.1. The lowest BCUT2D eigenvalue weighted by molar-refractivity contribution is 0.112. The van der Waals surface area contributed by atoms with Crippen molar-refractivity contribution in [3.05, 3.63) is 59.4 Å². The fourth-order valence-electron chi connectivity index (χ4n) is 1.55. The highest BCUT2D eigenvalue weighted by atomic mass is 16.5. The summed E-state index contributed by atoms with van der Waals surface area (Å²) in [7, 11) is 0. The van der Waals surface area contributed by atoms with Gasteiger partial charge in [-0.3, -0.25) is 9.78 Å². The molecular weight excluding hydrogens is 230 g/mol. The fourth-order valence-corrected chi connectivity index (χ4v) is 1.55. The van der Waals surface area contributed by atoms with E-state index in [1.165, 1.54) is 0 Å². The van der Waals surface area contributed by atoms with Crippen LogP contribution in [-0.4, -0.2) is 16.4 Å². The van der Waals surface area contributed by atoms with Crippen molar-refractivity contribution in [2.24, 2.45) is 0 Å². The third-order valence-corrected chi connectivity index (χ3v) is 2.51. The van der Waals surface area contributed by atoms with Crippen LogP contribution in [0.25, 0.3) is 0 Å². The lowest BCUT2D eigenvalue weighted by Crippen LogP contribution is -2.00. The summed E-state index contributed by atoms with van der Waals surface area (Å²) >= 11 is 0. The molecule has 0 aliphatic heterocycles. The Morgan fingerprint density at radius 3 is 2.89 bits per heavy atom. The average molecular weight is 243 g/mol. The van der Waals surface area contributed by atoms with E-state index in [2.05, 4.69) is 4.98 Å². The number of aliphatic hydroxyl groups excluding tert-OH is 1. The van der Waals surface area contributed by atoms with E-state index in [-0.39, 0.29) is 6.61 Å². The largest absolute Gasteiger partial charge is 0.488 e. The zero-order valence-corrected chi connectivity index (χ0v) is 9.74. The number of aliphatic hydroxyl groups is 1. The molecule has 0 aliphatic carbocycles. The van der Waals surface area contributed by atoms with Crippen molar-refractivity contribution in [2.75, 3.05) is 0 Å². The number of nitrogens with zero attached hydrogens (tertiary/aromatic N) is 1. The number of carbonyl (C=O) groups is 1. The van der Waals surface area contributed by atoms with Crippen molar-refractivity contribution in [2.45, 2.75) is 13.2 Å². The van der Waals surface area contributed by atoms with Gasteiger partial charge in [0.25, 0.3) is 0 Å². The number of pyridine rings is 1. The molecule has 0 fully saturated rings. The molecule has 0 unspecified atom stereocenters. The third-order valence-electron chi connectivity index (χ3n) is 2.51. The Morgan fingerprint density at radius 1 is 1.33 bits per heavy atom. The number of rotatable bonds is 5. The number of hydrogen-bond donors (Lipinski definition) is 1. The predicted octanol–water partition coefficient (Wildman–Crippen LogP) is 1.97. The molecule has 0 amide bonds. The van der Waals surface area contributed by atoms with Gasteiger partial charge in [-0.15, -0.1) is 0 Å². The molecule has 0 radical (unpaired) electrons. The summed E-state index contributed by atoms with van der Waals surface area (Å²) in [6.45, 7) is 0.227. The monoisotopic (exact) mass is 243 g/mol. The first kappa shape index (κ1) is 12.3. The summed E-state index contributed by atoms with van der Waals surface area (Å²) in [4.78, 5) is 14.7. The number of carbonyl (C=O) groups excluding carboxylic acids is 1. The highest BCUT2D eigenvalue weighted by molar-refractivity contribution is 5.75. The lowest BCUT2D eigenvalue weighted by Gasteiger charge is -2.10. The highest BCUT2D eigenvalue weighted by Crippen LogP contribution is 2.21. The molecule has 18 heavy (non-hydrogen) atoms. The van der Waals surface area contributed by atoms with Crippen molar-refractivity contribution >= 4 is 6.29 Å². The first-order valence-corrected chi connectivity index (χ1v) is 5.54. The Balaban J connectivity index is 2.15. The quantitative estimate of drug-likeness (QED) is 0.815. The molecule has 0 spiro atoms. The zero-order chi connectivity index (χ0) is 12.8. The van der Waals surface area contributed by atoms with Gasteiger partial charge in [-0.05, 0) is 12.1 Å². The van der Waals surface area contributed by atoms with Gasteiger partial charge in [0.2, 0.25) is 0 Å². The van der Waals surface area contributed by atoms with Crippen LogP contribution in [0.3, 0.4) is 0 Å². The van der Waals surface area contributed by atoms with Crippen LogP contribution in [0.2, 0.25) is 0 Å². The van der Waals surface area contributed by atoms with E-state index in [9.17, 15) is 9.90 Å². The molecule has 0 saturated heterocycles. The van der Waals surface area contributed by atoms with E-state index in [0.29, 0.717) is 23.5 Å². The topological polar surface area (TPSA) is 59.4 Å². The smallest absolute Gasteiger partial charge is 0.150 e. The predicted molar refractivity (Wildman–Crippen MR) is 66.3 cm³/mol. The molecule has 0 bridgehead atoms. The summed E-state index contributed by atoms with van der Waals surface area (Å²) in [6.07, 6.45) is 4.15. The van der Waals surface area contributed by atoms with Crippen LogP contribution < -0.4 is 4.74 Å². The van der Waals surface area contributed by atoms with E-state index >= 15 is 0 Å². The number of ether oxygens (including phenoxy) is 1. The lowest BCUT2D eigenvalue weighted by atomic mass is 10.1. The maximum Gasteiger partial charge on any atom is 0.150 e. The van der Waals surface area contributed by atoms with Gasteiger partial charge >= 0.3 is 0 Å². The molecule has 2 aromatic rings. The van der Waals surface area contributed by atoms with E-state index < -0.39 is 0 Å². The molecule has 1 aromatic carbocycles. The van der Waals surface area contributed by atoms with Crippen LogP contribution >= 0.6 is 0 Å². The second kappa shape index (κ2) is 5.93. The van der Waals surface area contributed by atoms with Crippen LogP contribution in [0.1, 0.15) is 21.5 Å². The first-order chi connectivity index (χ1) is 8.83. The van der Waals surface area contributed by atoms with Crippen LogP contribution in [0.15, 0.2) is 42.7 Å². The van der Waals surface area contributed by atoms with Gasteiger partial charge in [0.05, 0.1) is 6.61 Å². The third kappa shape index (κ3) is 2.93. The summed E-state index contributed by atoms with van der Waals surface area (Å²) in [5, 5.41) is 9.20. The number of aldehydes is 1. The molecule has 2 rings (SSSR count). The second-order valence-corrected chi connectivity index (χ2v) is 3.79. The minimum Gasteiger partial charge on any atom is -0.488 e. The Labute approximate surface area is 105 Å². The molecule has 1 aromatic heterocycles. The van der Waals surface area contributed by atoms with Crippen LogP contribution in [-0.2, 0) is 13.2 Å². The van der Waals surface area contributed by atoms with Gasteiger partial charge in [0.15, 0.2) is 0 Å². The summed E-state index contributed by atoms with van der Waals surface area (Å²) < 4.78 is 5.60. The van der Waals surface area contributed by atoms with Gasteiger partial charge in [0, 0.05) is 29.1 Å². The van der Waals surface area contributed by atoms with Crippen molar-refractivity contribution < 1.29 is 14.6 Å². The highest BCUT2D eigenvalue weighted by Gasteiger charge is 2.05. The molecular formula is C14H13NO3. The van der Waals surface area contributed by atoms with Gasteiger partial charge in [-0.25, -0.2) is 0 Å². The summed E-state index contributed by atoms with van der Waals surface area (Å²) in [5.74, 6) is 0.519. The molecule has 92 valence electrons. The molecule has 4 nitrogen and oxygen atoms in total. The molecule has 0 atom stereocenters. The molecule has 4 heteroatoms. The van der Waals surface area contributed by atoms with Crippen molar-refractivity contribution in [1.82, 2.24) is 4.98 Å². The molecule has 1 heterocycles. The van der Waals surface area contributed by atoms with Crippen molar-refractivity contribution in [3.63, 3.8) is 0 Å². The van der Waals surface area contributed by atoms with Gasteiger partial charge in [0.1, 0.15) is 18.6 Å².